The first-order chi connectivity index (χ1) is 18.0. The summed E-state index contributed by atoms with van der Waals surface area (Å²) < 4.78 is 28.9. The number of furan rings is 1. The number of hydrogen-bond acceptors (Lipinski definition) is 6. The molecule has 0 aliphatic carbocycles. The van der Waals surface area contributed by atoms with Crippen LogP contribution in [0.3, 0.4) is 0 Å². The van der Waals surface area contributed by atoms with Crippen LogP contribution < -0.4 is 24.3 Å². The molecule has 0 aliphatic rings. The average Bonchev–Trinajstić information content (AvgIpc) is 3.34. The zero-order valence-corrected chi connectivity index (χ0v) is 24.6. The second-order valence-corrected chi connectivity index (χ2v) is 10.6. The van der Waals surface area contributed by atoms with Gasteiger partial charge in [0.15, 0.2) is 5.76 Å². The SMILES string of the molecule is C=C(Nc1c(OC)cc(OC)cc1OC)c1ccc(Oc2c(C)cc(C)c(C(CC(C)C)C(C)C)c2C)o1. The van der Waals surface area contributed by atoms with Crippen molar-refractivity contribution >= 4 is 11.4 Å². The number of benzene rings is 2. The molecule has 1 unspecified atom stereocenters. The number of ether oxygens (including phenoxy) is 4. The molecular weight excluding hydrogens is 478 g/mol. The number of methoxy groups -OCH3 is 3. The minimum Gasteiger partial charge on any atom is -0.496 e. The normalized spacial score (nSPS) is 12.0. The van der Waals surface area contributed by atoms with Crippen LogP contribution in [-0.2, 0) is 0 Å². The second kappa shape index (κ2) is 12.3. The molecule has 3 rings (SSSR count). The predicted molar refractivity (Wildman–Crippen MR) is 155 cm³/mol. The Morgan fingerprint density at radius 1 is 0.895 bits per heavy atom. The third kappa shape index (κ3) is 6.29. The van der Waals surface area contributed by atoms with Crippen molar-refractivity contribution in [1.29, 1.82) is 0 Å². The lowest BCUT2D eigenvalue weighted by Crippen LogP contribution is -2.14. The number of anilines is 1. The number of aryl methyl sites for hydroxylation is 2. The highest BCUT2D eigenvalue weighted by molar-refractivity contribution is 5.81. The quantitative estimate of drug-likeness (QED) is 0.257. The van der Waals surface area contributed by atoms with Crippen LogP contribution in [0.1, 0.15) is 68.0 Å². The molecule has 0 amide bonds. The third-order valence-electron chi connectivity index (χ3n) is 6.93. The van der Waals surface area contributed by atoms with Crippen LogP contribution >= 0.6 is 0 Å². The van der Waals surface area contributed by atoms with Gasteiger partial charge in [0.25, 0.3) is 5.95 Å². The zero-order chi connectivity index (χ0) is 28.1. The summed E-state index contributed by atoms with van der Waals surface area (Å²) in [5.41, 5.74) is 6.11. The minimum atomic E-state index is 0.405. The summed E-state index contributed by atoms with van der Waals surface area (Å²) in [6.45, 7) is 19.8. The predicted octanol–water partition coefficient (Wildman–Crippen LogP) is 8.89. The average molecular weight is 522 g/mol. The molecule has 1 heterocycles. The van der Waals surface area contributed by atoms with E-state index in [0.29, 0.717) is 58.1 Å². The highest BCUT2D eigenvalue weighted by atomic mass is 16.6. The van der Waals surface area contributed by atoms with Gasteiger partial charge in [-0.1, -0.05) is 40.3 Å². The van der Waals surface area contributed by atoms with Gasteiger partial charge in [-0.2, -0.15) is 0 Å². The molecule has 0 spiro atoms. The first-order valence-corrected chi connectivity index (χ1v) is 13.1. The summed E-state index contributed by atoms with van der Waals surface area (Å²) in [5.74, 6) is 5.14. The maximum absolute atomic E-state index is 6.37. The van der Waals surface area contributed by atoms with Crippen molar-refractivity contribution < 1.29 is 23.4 Å². The van der Waals surface area contributed by atoms with E-state index in [-0.39, 0.29) is 0 Å². The summed E-state index contributed by atoms with van der Waals surface area (Å²) in [5, 5.41) is 3.26. The molecule has 206 valence electrons. The monoisotopic (exact) mass is 521 g/mol. The van der Waals surface area contributed by atoms with Crippen LogP contribution in [0, 0.1) is 32.6 Å². The molecule has 0 bridgehead atoms. The Labute approximate surface area is 227 Å². The van der Waals surface area contributed by atoms with Gasteiger partial charge in [0.1, 0.15) is 28.7 Å². The lowest BCUT2D eigenvalue weighted by atomic mass is 9.78. The van der Waals surface area contributed by atoms with Crippen molar-refractivity contribution in [3.05, 3.63) is 64.9 Å². The van der Waals surface area contributed by atoms with Crippen LogP contribution in [0.4, 0.5) is 5.69 Å². The first-order valence-electron chi connectivity index (χ1n) is 13.1. The van der Waals surface area contributed by atoms with Gasteiger partial charge in [0, 0.05) is 18.2 Å². The fourth-order valence-corrected chi connectivity index (χ4v) is 5.12. The zero-order valence-electron chi connectivity index (χ0n) is 24.6. The lowest BCUT2D eigenvalue weighted by Gasteiger charge is -2.28. The Balaban J connectivity index is 1.90. The van der Waals surface area contributed by atoms with Crippen LogP contribution in [0.25, 0.3) is 5.70 Å². The van der Waals surface area contributed by atoms with Gasteiger partial charge in [-0.25, -0.2) is 0 Å². The molecule has 2 aromatic carbocycles. The van der Waals surface area contributed by atoms with E-state index in [1.54, 1.807) is 33.5 Å². The molecule has 0 radical (unpaired) electrons. The Morgan fingerprint density at radius 3 is 2.05 bits per heavy atom. The highest BCUT2D eigenvalue weighted by Gasteiger charge is 2.25. The molecule has 1 atom stereocenters. The van der Waals surface area contributed by atoms with Gasteiger partial charge in [-0.15, -0.1) is 0 Å². The molecule has 0 saturated carbocycles. The molecule has 0 aliphatic heterocycles. The Morgan fingerprint density at radius 2 is 1.53 bits per heavy atom. The van der Waals surface area contributed by atoms with Crippen molar-refractivity contribution in [2.75, 3.05) is 26.6 Å². The maximum Gasteiger partial charge on any atom is 0.290 e. The maximum atomic E-state index is 6.37. The number of hydrogen-bond donors (Lipinski definition) is 1. The van der Waals surface area contributed by atoms with Crippen LogP contribution in [-0.4, -0.2) is 21.3 Å². The molecule has 3 aromatic rings. The topological polar surface area (TPSA) is 62.1 Å². The summed E-state index contributed by atoms with van der Waals surface area (Å²) in [7, 11) is 4.78. The molecule has 0 saturated heterocycles. The van der Waals surface area contributed by atoms with E-state index in [1.807, 2.05) is 12.1 Å². The van der Waals surface area contributed by atoms with E-state index in [0.717, 1.165) is 17.7 Å². The summed E-state index contributed by atoms with van der Waals surface area (Å²) in [6.07, 6.45) is 1.14. The van der Waals surface area contributed by atoms with Gasteiger partial charge < -0.3 is 28.7 Å². The molecule has 38 heavy (non-hydrogen) atoms. The largest absolute Gasteiger partial charge is 0.496 e. The summed E-state index contributed by atoms with van der Waals surface area (Å²) >= 11 is 0. The van der Waals surface area contributed by atoms with E-state index >= 15 is 0 Å². The second-order valence-electron chi connectivity index (χ2n) is 10.6. The van der Waals surface area contributed by atoms with Gasteiger partial charge in [0.2, 0.25) is 0 Å². The number of nitrogens with one attached hydrogen (secondary N) is 1. The lowest BCUT2D eigenvalue weighted by molar-refractivity contribution is 0.338. The molecule has 6 nitrogen and oxygen atoms in total. The van der Waals surface area contributed by atoms with Gasteiger partial charge in [-0.05, 0) is 73.3 Å². The first kappa shape index (κ1) is 29.0. The van der Waals surface area contributed by atoms with Crippen molar-refractivity contribution in [2.45, 2.75) is 60.8 Å². The van der Waals surface area contributed by atoms with Gasteiger partial charge >= 0.3 is 0 Å². The van der Waals surface area contributed by atoms with E-state index < -0.39 is 0 Å². The van der Waals surface area contributed by atoms with Crippen LogP contribution in [0.2, 0.25) is 0 Å². The van der Waals surface area contributed by atoms with Crippen LogP contribution in [0.5, 0.6) is 28.9 Å². The van der Waals surface area contributed by atoms with E-state index in [1.165, 1.54) is 16.7 Å². The Hall–Kier alpha value is -3.54. The fraction of sp³-hybridized carbons (Fsp3) is 0.438. The Bertz CT molecular complexity index is 1250. The smallest absolute Gasteiger partial charge is 0.290 e. The molecule has 6 heteroatoms. The van der Waals surface area contributed by atoms with Gasteiger partial charge in [0.05, 0.1) is 27.0 Å². The van der Waals surface area contributed by atoms with Crippen molar-refractivity contribution in [3.63, 3.8) is 0 Å². The third-order valence-corrected chi connectivity index (χ3v) is 6.93. The van der Waals surface area contributed by atoms with Crippen LogP contribution in [0.15, 0.2) is 41.3 Å². The van der Waals surface area contributed by atoms with Gasteiger partial charge in [-0.3, -0.25) is 0 Å². The number of rotatable bonds is 12. The molecule has 0 fully saturated rings. The van der Waals surface area contributed by atoms with E-state index in [4.69, 9.17) is 23.4 Å². The standard InChI is InChI=1S/C32H43NO5/c1-18(2)14-25(19(3)4)30-20(5)15-21(6)32(22(30)7)38-29-13-12-26(37-29)23(8)33-31-27(35-10)16-24(34-9)17-28(31)36-11/h12-13,15-19,25,33H,8,14H2,1-7,9-11H3. The van der Waals surface area contributed by atoms with E-state index in [9.17, 15) is 0 Å². The molecular formula is C32H43NO5. The molecule has 1 aromatic heterocycles. The van der Waals surface area contributed by atoms with Crippen molar-refractivity contribution in [1.82, 2.24) is 0 Å². The summed E-state index contributed by atoms with van der Waals surface area (Å²) in [6, 6.07) is 9.43. The fourth-order valence-electron chi connectivity index (χ4n) is 5.12. The van der Waals surface area contributed by atoms with Crippen molar-refractivity contribution in [2.24, 2.45) is 11.8 Å². The summed E-state index contributed by atoms with van der Waals surface area (Å²) in [4.78, 5) is 0. The Kier molecular flexibility index (Phi) is 9.42. The highest BCUT2D eigenvalue weighted by Crippen LogP contribution is 2.43. The molecule has 1 N–H and O–H groups in total. The van der Waals surface area contributed by atoms with Crippen molar-refractivity contribution in [3.8, 4) is 28.9 Å². The minimum absolute atomic E-state index is 0.405. The van der Waals surface area contributed by atoms with E-state index in [2.05, 4.69) is 66.4 Å².